The molecule has 0 spiro atoms. The Morgan fingerprint density at radius 2 is 1.62 bits per heavy atom. The Balaban J connectivity index is 1.42. The van der Waals surface area contributed by atoms with Gasteiger partial charge in [-0.05, 0) is 33.7 Å². The summed E-state index contributed by atoms with van der Waals surface area (Å²) in [4.78, 5) is 19.0. The minimum absolute atomic E-state index is 0.0199. The second-order valence-corrected chi connectivity index (χ2v) is 11.7. The van der Waals surface area contributed by atoms with Crippen molar-refractivity contribution in [2.75, 3.05) is 53.6 Å². The number of aliphatic hydroxyl groups is 1. The van der Waals surface area contributed by atoms with Crippen LogP contribution in [0.5, 0.6) is 11.5 Å². The maximum atomic E-state index is 13.8. The third kappa shape index (κ3) is 6.53. The number of aliphatic hydroxyl groups excluding tert-OH is 1. The summed E-state index contributed by atoms with van der Waals surface area (Å²) < 4.78 is 53.5. The largest absolute Gasteiger partial charge is 0.496 e. The third-order valence-electron chi connectivity index (χ3n) is 9.01. The summed E-state index contributed by atoms with van der Waals surface area (Å²) in [5, 5.41) is 19.7. The molecule has 14 heteroatoms. The number of piperazine rings is 2. The maximum absolute atomic E-state index is 13.8. The van der Waals surface area contributed by atoms with Gasteiger partial charge in [-0.25, -0.2) is 0 Å². The molecule has 248 valence electrons. The van der Waals surface area contributed by atoms with Crippen LogP contribution in [0.25, 0.3) is 5.69 Å². The van der Waals surface area contributed by atoms with Crippen LogP contribution >= 0.6 is 0 Å². The summed E-state index contributed by atoms with van der Waals surface area (Å²) in [5.41, 5.74) is 2.86. The number of nitrogens with zero attached hydrogens (tertiary/aromatic N) is 7. The second-order valence-electron chi connectivity index (χ2n) is 11.7. The van der Waals surface area contributed by atoms with Gasteiger partial charge in [0, 0.05) is 57.3 Å². The van der Waals surface area contributed by atoms with Crippen molar-refractivity contribution >= 4 is 5.91 Å². The predicted molar refractivity (Wildman–Crippen MR) is 165 cm³/mol. The molecule has 2 fully saturated rings. The van der Waals surface area contributed by atoms with Crippen LogP contribution in [0.2, 0.25) is 0 Å². The van der Waals surface area contributed by atoms with Gasteiger partial charge in [0.2, 0.25) is 5.91 Å². The fraction of sp³-hybridized carbons (Fsp3) is 0.394. The van der Waals surface area contributed by atoms with Crippen molar-refractivity contribution in [1.29, 1.82) is 0 Å². The normalized spacial score (nSPS) is 19.1. The number of carbonyl (C=O) groups excluding carboxylic acids is 1. The second kappa shape index (κ2) is 13.7. The van der Waals surface area contributed by atoms with Crippen molar-refractivity contribution < 1.29 is 32.5 Å². The van der Waals surface area contributed by atoms with E-state index in [9.17, 15) is 23.1 Å². The van der Waals surface area contributed by atoms with E-state index in [1.54, 1.807) is 11.0 Å². The lowest BCUT2D eigenvalue weighted by Crippen LogP contribution is -2.67. The Labute approximate surface area is 270 Å². The highest BCUT2D eigenvalue weighted by Gasteiger charge is 2.44. The van der Waals surface area contributed by atoms with Gasteiger partial charge in [0.1, 0.15) is 18.0 Å². The topological polar surface area (TPSA) is 109 Å². The van der Waals surface area contributed by atoms with Gasteiger partial charge < -0.3 is 19.5 Å². The average molecular weight is 652 g/mol. The lowest BCUT2D eigenvalue weighted by atomic mass is 9.81. The number of alkyl halides is 3. The Kier molecular flexibility index (Phi) is 9.43. The fourth-order valence-corrected chi connectivity index (χ4v) is 7.00. The van der Waals surface area contributed by atoms with Crippen LogP contribution < -0.4 is 9.47 Å². The molecule has 2 atom stereocenters. The van der Waals surface area contributed by atoms with E-state index >= 15 is 0 Å². The number of methoxy groups -OCH3 is 2. The highest BCUT2D eigenvalue weighted by atomic mass is 19.4. The summed E-state index contributed by atoms with van der Waals surface area (Å²) in [7, 11) is 2.89. The molecule has 2 aliphatic rings. The van der Waals surface area contributed by atoms with E-state index in [0.717, 1.165) is 11.1 Å². The van der Waals surface area contributed by atoms with E-state index in [2.05, 4.69) is 49.6 Å². The maximum Gasteiger partial charge on any atom is 0.453 e. The number of hydrogen-bond donors (Lipinski definition) is 1. The van der Waals surface area contributed by atoms with E-state index in [4.69, 9.17) is 9.47 Å². The Morgan fingerprint density at radius 1 is 0.936 bits per heavy atom. The summed E-state index contributed by atoms with van der Waals surface area (Å²) in [6.45, 7) is 2.43. The number of benzene rings is 3. The fourth-order valence-electron chi connectivity index (χ4n) is 7.00. The molecule has 0 saturated carbocycles. The molecule has 1 aromatic heterocycles. The van der Waals surface area contributed by atoms with Gasteiger partial charge in [-0.3, -0.25) is 14.6 Å². The lowest BCUT2D eigenvalue weighted by Gasteiger charge is -2.53. The van der Waals surface area contributed by atoms with E-state index in [0.29, 0.717) is 48.7 Å². The molecule has 2 saturated heterocycles. The van der Waals surface area contributed by atoms with Crippen LogP contribution in [-0.2, 0) is 17.5 Å². The molecule has 1 N–H and O–H groups in total. The summed E-state index contributed by atoms with van der Waals surface area (Å²) >= 11 is 0. The SMILES string of the molecule is COc1ccc(-n2nnnc2C(F)(F)F)c(OC)c1CN1C[C@@H]2CN(C(=O)CO)CCN2[C@H](C(c2ccccc2)c2ccccc2)C1. The molecule has 47 heavy (non-hydrogen) atoms. The van der Waals surface area contributed by atoms with Crippen molar-refractivity contribution in [2.45, 2.75) is 30.7 Å². The zero-order valence-electron chi connectivity index (χ0n) is 26.0. The molecule has 6 rings (SSSR count). The molecule has 11 nitrogen and oxygen atoms in total. The molecular weight excluding hydrogens is 615 g/mol. The van der Waals surface area contributed by atoms with Crippen molar-refractivity contribution in [3.05, 3.63) is 95.3 Å². The van der Waals surface area contributed by atoms with E-state index in [1.165, 1.54) is 20.3 Å². The third-order valence-corrected chi connectivity index (χ3v) is 9.01. The number of tetrazole rings is 1. The first-order valence-corrected chi connectivity index (χ1v) is 15.3. The van der Waals surface area contributed by atoms with Crippen molar-refractivity contribution in [3.8, 4) is 17.2 Å². The number of aromatic nitrogens is 4. The van der Waals surface area contributed by atoms with E-state index in [-0.39, 0.29) is 41.9 Å². The molecule has 0 unspecified atom stereocenters. The van der Waals surface area contributed by atoms with Crippen LogP contribution in [0, 0.1) is 0 Å². The first kappa shape index (κ1) is 32.4. The quantitative estimate of drug-likeness (QED) is 0.292. The smallest absolute Gasteiger partial charge is 0.453 e. The standard InChI is InChI=1S/C33H36F3N7O4/c1-46-28-14-13-26(43-32(33(34,35)36)37-38-39-43)31(47-2)25(28)19-40-17-24-18-41(29(45)21-44)15-16-42(24)27(20-40)30(22-9-5-3-6-10-22)23-11-7-4-8-12-23/h3-14,24,27,30,44H,15-21H2,1-2H3/t24-,27+/m1/s1. The van der Waals surface area contributed by atoms with Gasteiger partial charge in [0.25, 0.3) is 5.82 Å². The lowest BCUT2D eigenvalue weighted by molar-refractivity contribution is -0.146. The van der Waals surface area contributed by atoms with Gasteiger partial charge in [-0.15, -0.1) is 5.10 Å². The average Bonchev–Trinajstić information content (AvgIpc) is 3.59. The van der Waals surface area contributed by atoms with Crippen LogP contribution in [-0.4, -0.2) is 112 Å². The van der Waals surface area contributed by atoms with Crippen LogP contribution in [0.4, 0.5) is 13.2 Å². The zero-order valence-corrected chi connectivity index (χ0v) is 26.0. The van der Waals surface area contributed by atoms with Crippen molar-refractivity contribution in [2.24, 2.45) is 0 Å². The number of carbonyl (C=O) groups is 1. The first-order chi connectivity index (χ1) is 22.7. The summed E-state index contributed by atoms with van der Waals surface area (Å²) in [6, 6.07) is 23.5. The minimum Gasteiger partial charge on any atom is -0.496 e. The number of ether oxygens (including phenoxy) is 2. The van der Waals surface area contributed by atoms with E-state index < -0.39 is 18.6 Å². The molecule has 1 amide bonds. The highest BCUT2D eigenvalue weighted by Crippen LogP contribution is 2.40. The zero-order chi connectivity index (χ0) is 33.1. The Hall–Kier alpha value is -4.53. The van der Waals surface area contributed by atoms with Crippen molar-refractivity contribution in [1.82, 2.24) is 34.9 Å². The monoisotopic (exact) mass is 651 g/mol. The first-order valence-electron chi connectivity index (χ1n) is 15.3. The van der Waals surface area contributed by atoms with Crippen LogP contribution in [0.15, 0.2) is 72.8 Å². The molecular formula is C33H36F3N7O4. The van der Waals surface area contributed by atoms with Crippen LogP contribution in [0.1, 0.15) is 28.4 Å². The number of halogens is 3. The number of rotatable bonds is 9. The number of amides is 1. The van der Waals surface area contributed by atoms with Gasteiger partial charge >= 0.3 is 6.18 Å². The van der Waals surface area contributed by atoms with E-state index in [1.807, 2.05) is 36.4 Å². The van der Waals surface area contributed by atoms with Gasteiger partial charge in [0.15, 0.2) is 5.75 Å². The van der Waals surface area contributed by atoms with Gasteiger partial charge in [0.05, 0.1) is 19.8 Å². The summed E-state index contributed by atoms with van der Waals surface area (Å²) in [6.07, 6.45) is -4.79. The molecule has 0 aliphatic carbocycles. The molecule has 2 aliphatic heterocycles. The van der Waals surface area contributed by atoms with Gasteiger partial charge in [-0.1, -0.05) is 60.7 Å². The minimum atomic E-state index is -4.79. The molecule has 3 aromatic carbocycles. The number of fused-ring (bicyclic) bond motifs is 1. The molecule has 3 heterocycles. The van der Waals surface area contributed by atoms with Crippen LogP contribution in [0.3, 0.4) is 0 Å². The predicted octanol–water partition coefficient (Wildman–Crippen LogP) is 3.22. The summed E-state index contributed by atoms with van der Waals surface area (Å²) in [5.74, 6) is -1.02. The van der Waals surface area contributed by atoms with Crippen molar-refractivity contribution in [3.63, 3.8) is 0 Å². The highest BCUT2D eigenvalue weighted by molar-refractivity contribution is 5.77. The Morgan fingerprint density at radius 3 is 2.21 bits per heavy atom. The molecule has 4 aromatic rings. The van der Waals surface area contributed by atoms with Gasteiger partial charge in [-0.2, -0.15) is 17.9 Å². The molecule has 0 radical (unpaired) electrons. The Bertz CT molecular complexity index is 1630. The number of hydrogen-bond acceptors (Lipinski definition) is 9. The molecule has 0 bridgehead atoms.